The quantitative estimate of drug-likeness (QED) is 0.607. The molecule has 1 aliphatic heterocycles. The monoisotopic (exact) mass is 445 g/mol. The summed E-state index contributed by atoms with van der Waals surface area (Å²) in [6.07, 6.45) is 0.366. The minimum absolute atomic E-state index is 0.103. The van der Waals surface area contributed by atoms with E-state index in [9.17, 15) is 9.59 Å². The molecule has 0 aliphatic carbocycles. The van der Waals surface area contributed by atoms with Gasteiger partial charge in [-0.2, -0.15) is 0 Å². The Balaban J connectivity index is 1.48. The van der Waals surface area contributed by atoms with Crippen LogP contribution in [-0.2, 0) is 11.3 Å². The zero-order valence-electron chi connectivity index (χ0n) is 19.5. The normalized spacial score (nSPS) is 14.3. The Morgan fingerprint density at radius 1 is 1.00 bits per heavy atom. The number of piperazine rings is 1. The summed E-state index contributed by atoms with van der Waals surface area (Å²) in [6, 6.07) is 15.7. The first-order valence-corrected chi connectivity index (χ1v) is 11.4. The zero-order chi connectivity index (χ0) is 23.4. The summed E-state index contributed by atoms with van der Waals surface area (Å²) >= 11 is 0. The molecular formula is C26H31N5O2. The molecule has 1 aromatic heterocycles. The highest BCUT2D eigenvalue weighted by molar-refractivity contribution is 6.08. The highest BCUT2D eigenvalue weighted by Gasteiger charge is 2.16. The standard InChI is InChI=1S/C26H31N5O2/c1-4-25(32)29-20-15-23(22-10-5-18(2)28-24(22)16-20)26(33)27-17-19-6-8-21(9-7-19)31-13-11-30(3)12-14-31/h5-10,15-16H,4,11-14,17H2,1-3H3,(H,27,33)(H,29,32). The number of anilines is 2. The molecule has 2 aromatic carbocycles. The lowest BCUT2D eigenvalue weighted by Crippen LogP contribution is -2.44. The fourth-order valence-corrected chi connectivity index (χ4v) is 4.01. The van der Waals surface area contributed by atoms with Crippen LogP contribution in [0.2, 0.25) is 0 Å². The number of amides is 2. The van der Waals surface area contributed by atoms with Gasteiger partial charge < -0.3 is 20.4 Å². The van der Waals surface area contributed by atoms with Crippen molar-refractivity contribution in [3.63, 3.8) is 0 Å². The minimum Gasteiger partial charge on any atom is -0.369 e. The fourth-order valence-electron chi connectivity index (χ4n) is 4.01. The lowest BCUT2D eigenvalue weighted by atomic mass is 10.1. The Kier molecular flexibility index (Phi) is 6.89. The number of pyridine rings is 1. The average Bonchev–Trinajstić information content (AvgIpc) is 2.82. The van der Waals surface area contributed by atoms with Crippen LogP contribution < -0.4 is 15.5 Å². The molecule has 1 saturated heterocycles. The first-order valence-electron chi connectivity index (χ1n) is 11.4. The van der Waals surface area contributed by atoms with Gasteiger partial charge in [-0.15, -0.1) is 0 Å². The van der Waals surface area contributed by atoms with Crippen molar-refractivity contribution in [1.82, 2.24) is 15.2 Å². The molecule has 3 aromatic rings. The number of rotatable bonds is 6. The van der Waals surface area contributed by atoms with Crippen LogP contribution in [0.5, 0.6) is 0 Å². The lowest BCUT2D eigenvalue weighted by Gasteiger charge is -2.34. The van der Waals surface area contributed by atoms with E-state index in [4.69, 9.17) is 0 Å². The molecular weight excluding hydrogens is 414 g/mol. The van der Waals surface area contributed by atoms with Crippen molar-refractivity contribution in [2.24, 2.45) is 0 Å². The summed E-state index contributed by atoms with van der Waals surface area (Å²) in [5.74, 6) is -0.296. The van der Waals surface area contributed by atoms with Crippen LogP contribution in [0.25, 0.3) is 10.9 Å². The number of carbonyl (C=O) groups is 2. The van der Waals surface area contributed by atoms with Gasteiger partial charge in [0, 0.05) is 61.6 Å². The van der Waals surface area contributed by atoms with E-state index >= 15 is 0 Å². The largest absolute Gasteiger partial charge is 0.369 e. The van der Waals surface area contributed by atoms with Gasteiger partial charge in [-0.05, 0) is 49.9 Å². The molecule has 2 amide bonds. The number of fused-ring (bicyclic) bond motifs is 1. The van der Waals surface area contributed by atoms with Crippen LogP contribution in [0.3, 0.4) is 0 Å². The Bertz CT molecular complexity index is 1150. The molecule has 7 heteroatoms. The van der Waals surface area contributed by atoms with Crippen molar-refractivity contribution in [1.29, 1.82) is 0 Å². The van der Waals surface area contributed by atoms with E-state index < -0.39 is 0 Å². The number of hydrogen-bond donors (Lipinski definition) is 2. The van der Waals surface area contributed by atoms with E-state index in [2.05, 4.69) is 56.7 Å². The zero-order valence-corrected chi connectivity index (χ0v) is 19.5. The first-order chi connectivity index (χ1) is 15.9. The van der Waals surface area contributed by atoms with Crippen LogP contribution in [0.1, 0.15) is 35.0 Å². The van der Waals surface area contributed by atoms with Gasteiger partial charge in [-0.25, -0.2) is 0 Å². The Hall–Kier alpha value is -3.45. The van der Waals surface area contributed by atoms with Crippen molar-refractivity contribution in [2.45, 2.75) is 26.8 Å². The molecule has 2 heterocycles. The van der Waals surface area contributed by atoms with E-state index in [1.54, 1.807) is 13.0 Å². The second kappa shape index (κ2) is 10.0. The van der Waals surface area contributed by atoms with Gasteiger partial charge >= 0.3 is 0 Å². The molecule has 1 aliphatic rings. The Labute approximate surface area is 194 Å². The SMILES string of the molecule is CCC(=O)Nc1cc(C(=O)NCc2ccc(N3CCN(C)CC3)cc2)c2ccc(C)nc2c1. The molecule has 2 N–H and O–H groups in total. The summed E-state index contributed by atoms with van der Waals surface area (Å²) in [5, 5.41) is 6.63. The first kappa shape index (κ1) is 22.7. The maximum absolute atomic E-state index is 13.1. The average molecular weight is 446 g/mol. The van der Waals surface area contributed by atoms with Crippen molar-refractivity contribution in [3.8, 4) is 0 Å². The van der Waals surface area contributed by atoms with Gasteiger partial charge in [0.25, 0.3) is 5.91 Å². The third-order valence-electron chi connectivity index (χ3n) is 6.05. The van der Waals surface area contributed by atoms with Crippen molar-refractivity contribution in [3.05, 3.63) is 65.4 Å². The summed E-state index contributed by atoms with van der Waals surface area (Å²) in [6.45, 7) is 8.31. The van der Waals surface area contributed by atoms with E-state index in [0.717, 1.165) is 42.8 Å². The molecule has 4 rings (SSSR count). The van der Waals surface area contributed by atoms with Gasteiger partial charge in [-0.3, -0.25) is 14.6 Å². The summed E-state index contributed by atoms with van der Waals surface area (Å²) in [5.41, 5.74) is 4.87. The van der Waals surface area contributed by atoms with E-state index in [-0.39, 0.29) is 11.8 Å². The number of aromatic nitrogens is 1. The predicted molar refractivity (Wildman–Crippen MR) is 133 cm³/mol. The molecule has 0 saturated carbocycles. The molecule has 0 unspecified atom stereocenters. The molecule has 0 radical (unpaired) electrons. The molecule has 1 fully saturated rings. The molecule has 33 heavy (non-hydrogen) atoms. The second-order valence-electron chi connectivity index (χ2n) is 8.58. The number of aryl methyl sites for hydroxylation is 1. The molecule has 0 atom stereocenters. The molecule has 0 spiro atoms. The molecule has 172 valence electrons. The molecule has 0 bridgehead atoms. The topological polar surface area (TPSA) is 77.6 Å². The van der Waals surface area contributed by atoms with Gasteiger partial charge in [0.05, 0.1) is 11.1 Å². The Morgan fingerprint density at radius 2 is 1.73 bits per heavy atom. The summed E-state index contributed by atoms with van der Waals surface area (Å²) in [7, 11) is 2.15. The van der Waals surface area contributed by atoms with E-state index in [0.29, 0.717) is 29.7 Å². The number of likely N-dealkylation sites (N-methyl/N-ethyl adjacent to an activating group) is 1. The smallest absolute Gasteiger partial charge is 0.252 e. The van der Waals surface area contributed by atoms with Crippen molar-refractivity contribution >= 4 is 34.1 Å². The Morgan fingerprint density at radius 3 is 2.42 bits per heavy atom. The van der Waals surface area contributed by atoms with E-state index in [1.807, 2.05) is 25.1 Å². The lowest BCUT2D eigenvalue weighted by molar-refractivity contribution is -0.115. The predicted octanol–water partition coefficient (Wildman–Crippen LogP) is 3.57. The molecule has 7 nitrogen and oxygen atoms in total. The third-order valence-corrected chi connectivity index (χ3v) is 6.05. The van der Waals surface area contributed by atoms with Gasteiger partial charge in [0.1, 0.15) is 0 Å². The fraction of sp³-hybridized carbons (Fsp3) is 0.346. The van der Waals surface area contributed by atoms with Crippen LogP contribution in [0.4, 0.5) is 11.4 Å². The van der Waals surface area contributed by atoms with Crippen LogP contribution in [0, 0.1) is 6.92 Å². The van der Waals surface area contributed by atoms with Gasteiger partial charge in [0.2, 0.25) is 5.91 Å². The highest BCUT2D eigenvalue weighted by Crippen LogP contribution is 2.24. The maximum atomic E-state index is 13.1. The minimum atomic E-state index is -0.193. The number of carbonyl (C=O) groups excluding carboxylic acids is 2. The maximum Gasteiger partial charge on any atom is 0.252 e. The number of nitrogens with one attached hydrogen (secondary N) is 2. The van der Waals surface area contributed by atoms with Gasteiger partial charge in [-0.1, -0.05) is 25.1 Å². The summed E-state index contributed by atoms with van der Waals surface area (Å²) < 4.78 is 0. The highest BCUT2D eigenvalue weighted by atomic mass is 16.2. The number of hydrogen-bond acceptors (Lipinski definition) is 5. The van der Waals surface area contributed by atoms with Crippen LogP contribution >= 0.6 is 0 Å². The van der Waals surface area contributed by atoms with Crippen molar-refractivity contribution in [2.75, 3.05) is 43.4 Å². The summed E-state index contributed by atoms with van der Waals surface area (Å²) in [4.78, 5) is 34.3. The van der Waals surface area contributed by atoms with Crippen LogP contribution in [-0.4, -0.2) is 54.9 Å². The van der Waals surface area contributed by atoms with Crippen molar-refractivity contribution < 1.29 is 9.59 Å². The second-order valence-corrected chi connectivity index (χ2v) is 8.58. The third kappa shape index (κ3) is 5.49. The van der Waals surface area contributed by atoms with Crippen LogP contribution in [0.15, 0.2) is 48.5 Å². The number of benzene rings is 2. The van der Waals surface area contributed by atoms with Gasteiger partial charge in [0.15, 0.2) is 0 Å². The number of nitrogens with zero attached hydrogens (tertiary/aromatic N) is 3. The van der Waals surface area contributed by atoms with E-state index in [1.165, 1.54) is 5.69 Å².